The summed E-state index contributed by atoms with van der Waals surface area (Å²) in [6.45, 7) is 9.91. The molecule has 0 aliphatic rings. The van der Waals surface area contributed by atoms with E-state index in [0.29, 0.717) is 11.0 Å². The molecule has 0 spiro atoms. The number of rotatable bonds is 8. The van der Waals surface area contributed by atoms with E-state index < -0.39 is 0 Å². The maximum atomic E-state index is 5.72. The first kappa shape index (κ1) is 15.9. The number of nitrogens with two attached hydrogens (primary N) is 1. The minimum atomic E-state index is 0.00407. The van der Waals surface area contributed by atoms with Gasteiger partial charge in [-0.05, 0) is 39.3 Å². The molecule has 0 radical (unpaired) electrons. The van der Waals surface area contributed by atoms with E-state index in [1.165, 1.54) is 12.8 Å². The highest BCUT2D eigenvalue weighted by molar-refractivity contribution is 7.80. The van der Waals surface area contributed by atoms with Gasteiger partial charge in [0.1, 0.15) is 0 Å². The molecular weight excluding hydrogens is 216 g/mol. The van der Waals surface area contributed by atoms with E-state index in [0.717, 1.165) is 19.4 Å². The molecule has 0 aromatic heterocycles. The van der Waals surface area contributed by atoms with Gasteiger partial charge in [-0.1, -0.05) is 39.9 Å². The lowest BCUT2D eigenvalue weighted by molar-refractivity contribution is 0.219. The van der Waals surface area contributed by atoms with Gasteiger partial charge in [-0.25, -0.2) is 0 Å². The third-order valence-corrected chi connectivity index (χ3v) is 4.10. The zero-order chi connectivity index (χ0) is 12.8. The maximum absolute atomic E-state index is 5.72. The van der Waals surface area contributed by atoms with Crippen LogP contribution in [0.1, 0.15) is 53.4 Å². The minimum absolute atomic E-state index is 0.00407. The minimum Gasteiger partial charge on any atom is -0.393 e. The lowest BCUT2D eigenvalue weighted by Gasteiger charge is -2.28. The fraction of sp³-hybridized carbons (Fsp3) is 0.923. The van der Waals surface area contributed by atoms with Crippen LogP contribution in [0.3, 0.4) is 0 Å². The number of hydrogen-bond donors (Lipinski definition) is 1. The van der Waals surface area contributed by atoms with E-state index in [2.05, 4.69) is 39.6 Å². The molecule has 0 atom stereocenters. The van der Waals surface area contributed by atoms with Crippen LogP contribution >= 0.6 is 12.2 Å². The molecule has 0 amide bonds. The van der Waals surface area contributed by atoms with Crippen molar-refractivity contribution in [3.8, 4) is 0 Å². The first-order valence-electron chi connectivity index (χ1n) is 6.35. The highest BCUT2D eigenvalue weighted by atomic mass is 32.1. The molecule has 16 heavy (non-hydrogen) atoms. The summed E-state index contributed by atoms with van der Waals surface area (Å²) in [6, 6.07) is 0.716. The second-order valence-electron chi connectivity index (χ2n) is 5.30. The Labute approximate surface area is 107 Å². The average molecular weight is 244 g/mol. The molecule has 96 valence electrons. The van der Waals surface area contributed by atoms with Crippen LogP contribution in [-0.2, 0) is 0 Å². The van der Waals surface area contributed by atoms with E-state index in [-0.39, 0.29) is 5.41 Å². The summed E-state index contributed by atoms with van der Waals surface area (Å²) in [7, 11) is 2.21. The van der Waals surface area contributed by atoms with Crippen molar-refractivity contribution in [3.05, 3.63) is 0 Å². The van der Waals surface area contributed by atoms with Crippen molar-refractivity contribution in [1.82, 2.24) is 4.90 Å². The zero-order valence-corrected chi connectivity index (χ0v) is 12.4. The van der Waals surface area contributed by atoms with Crippen LogP contribution < -0.4 is 5.73 Å². The first-order valence-corrected chi connectivity index (χ1v) is 6.76. The van der Waals surface area contributed by atoms with Gasteiger partial charge in [-0.2, -0.15) is 0 Å². The van der Waals surface area contributed by atoms with Gasteiger partial charge in [0.2, 0.25) is 0 Å². The summed E-state index contributed by atoms with van der Waals surface area (Å²) in [4.78, 5) is 3.09. The van der Waals surface area contributed by atoms with Gasteiger partial charge in [0.15, 0.2) is 0 Å². The Balaban J connectivity index is 3.94. The van der Waals surface area contributed by atoms with Gasteiger partial charge < -0.3 is 10.6 Å². The molecule has 0 fully saturated rings. The SMILES string of the molecule is CCC(CC)N(C)CCCC(C)(C)C(N)=S. The lowest BCUT2D eigenvalue weighted by Crippen LogP contribution is -2.34. The van der Waals surface area contributed by atoms with Gasteiger partial charge >= 0.3 is 0 Å². The topological polar surface area (TPSA) is 29.3 Å². The van der Waals surface area contributed by atoms with Crippen molar-refractivity contribution < 1.29 is 0 Å². The fourth-order valence-corrected chi connectivity index (χ4v) is 2.09. The van der Waals surface area contributed by atoms with Crippen LogP contribution in [0.5, 0.6) is 0 Å². The van der Waals surface area contributed by atoms with Gasteiger partial charge in [0.25, 0.3) is 0 Å². The molecule has 0 aromatic carbocycles. The van der Waals surface area contributed by atoms with Gasteiger partial charge in [0.05, 0.1) is 4.99 Å². The number of nitrogens with zero attached hydrogens (tertiary/aromatic N) is 1. The van der Waals surface area contributed by atoms with E-state index in [1.54, 1.807) is 0 Å². The van der Waals surface area contributed by atoms with Gasteiger partial charge in [-0.3, -0.25) is 0 Å². The summed E-state index contributed by atoms with van der Waals surface area (Å²) in [5.41, 5.74) is 5.72. The Morgan fingerprint density at radius 2 is 1.81 bits per heavy atom. The molecule has 2 N–H and O–H groups in total. The summed E-state index contributed by atoms with van der Waals surface area (Å²) >= 11 is 5.07. The van der Waals surface area contributed by atoms with Crippen LogP contribution in [0.2, 0.25) is 0 Å². The Hall–Kier alpha value is -0.150. The van der Waals surface area contributed by atoms with E-state index in [9.17, 15) is 0 Å². The Morgan fingerprint density at radius 1 is 1.31 bits per heavy atom. The number of hydrogen-bond acceptors (Lipinski definition) is 2. The van der Waals surface area contributed by atoms with E-state index in [1.807, 2.05) is 0 Å². The van der Waals surface area contributed by atoms with Gasteiger partial charge in [0, 0.05) is 11.5 Å². The molecule has 0 rings (SSSR count). The summed E-state index contributed by atoms with van der Waals surface area (Å²) < 4.78 is 0. The van der Waals surface area contributed by atoms with Crippen molar-refractivity contribution in [2.45, 2.75) is 59.4 Å². The highest BCUT2D eigenvalue weighted by Crippen LogP contribution is 2.23. The van der Waals surface area contributed by atoms with E-state index in [4.69, 9.17) is 18.0 Å². The Bertz CT molecular complexity index is 210. The molecule has 0 aliphatic heterocycles. The molecule has 2 nitrogen and oxygen atoms in total. The normalized spacial score (nSPS) is 12.4. The van der Waals surface area contributed by atoms with Crippen molar-refractivity contribution in [3.63, 3.8) is 0 Å². The summed E-state index contributed by atoms with van der Waals surface area (Å²) in [6.07, 6.45) is 4.70. The quantitative estimate of drug-likeness (QED) is 0.665. The third kappa shape index (κ3) is 5.26. The molecule has 0 saturated carbocycles. The van der Waals surface area contributed by atoms with Crippen LogP contribution in [0.4, 0.5) is 0 Å². The van der Waals surface area contributed by atoms with E-state index >= 15 is 0 Å². The van der Waals surface area contributed by atoms with Crippen molar-refractivity contribution in [1.29, 1.82) is 0 Å². The van der Waals surface area contributed by atoms with Crippen LogP contribution in [0, 0.1) is 5.41 Å². The van der Waals surface area contributed by atoms with Crippen molar-refractivity contribution in [2.75, 3.05) is 13.6 Å². The predicted molar refractivity (Wildman–Crippen MR) is 76.8 cm³/mol. The average Bonchev–Trinajstić information content (AvgIpc) is 2.19. The summed E-state index contributed by atoms with van der Waals surface area (Å²) in [5, 5.41) is 0. The Morgan fingerprint density at radius 3 is 2.19 bits per heavy atom. The highest BCUT2D eigenvalue weighted by Gasteiger charge is 2.21. The van der Waals surface area contributed by atoms with Crippen LogP contribution in [-0.4, -0.2) is 29.5 Å². The standard InChI is InChI=1S/C13H28N2S/c1-6-11(7-2)15(5)10-8-9-13(3,4)12(14)16/h11H,6-10H2,1-5H3,(H2,14,16). The summed E-state index contributed by atoms with van der Waals surface area (Å²) in [5.74, 6) is 0. The molecule has 0 heterocycles. The monoisotopic (exact) mass is 244 g/mol. The molecule has 0 saturated heterocycles. The molecule has 0 aliphatic carbocycles. The largest absolute Gasteiger partial charge is 0.393 e. The number of thiocarbonyl (C=S) groups is 1. The lowest BCUT2D eigenvalue weighted by atomic mass is 9.88. The second kappa shape index (κ2) is 7.23. The third-order valence-electron chi connectivity index (χ3n) is 3.55. The molecule has 0 aromatic rings. The van der Waals surface area contributed by atoms with Crippen LogP contribution in [0.25, 0.3) is 0 Å². The van der Waals surface area contributed by atoms with Crippen LogP contribution in [0.15, 0.2) is 0 Å². The predicted octanol–water partition coefficient (Wildman–Crippen LogP) is 3.20. The Kier molecular flexibility index (Phi) is 7.16. The smallest absolute Gasteiger partial charge is 0.0784 e. The maximum Gasteiger partial charge on any atom is 0.0784 e. The molecule has 0 unspecified atom stereocenters. The van der Waals surface area contributed by atoms with Crippen molar-refractivity contribution in [2.24, 2.45) is 11.1 Å². The molecule has 3 heteroatoms. The van der Waals surface area contributed by atoms with Gasteiger partial charge in [-0.15, -0.1) is 0 Å². The van der Waals surface area contributed by atoms with Crippen molar-refractivity contribution >= 4 is 17.2 Å². The fourth-order valence-electron chi connectivity index (χ4n) is 1.99. The first-order chi connectivity index (χ1) is 7.35. The second-order valence-corrected chi connectivity index (χ2v) is 5.74. The zero-order valence-electron chi connectivity index (χ0n) is 11.5. The molecule has 0 bridgehead atoms. The molecular formula is C13H28N2S.